The van der Waals surface area contributed by atoms with E-state index in [1.165, 1.54) is 6.07 Å². The van der Waals surface area contributed by atoms with Crippen molar-refractivity contribution in [2.75, 3.05) is 20.2 Å². The molecule has 2 nitrogen and oxygen atoms in total. The SMILES string of the molecule is COc1ccc([C@H]2CCCNC2)c(F)c1. The molecule has 0 bridgehead atoms. The van der Waals surface area contributed by atoms with E-state index in [2.05, 4.69) is 5.32 Å². The van der Waals surface area contributed by atoms with Gasteiger partial charge in [-0.05, 0) is 36.9 Å². The summed E-state index contributed by atoms with van der Waals surface area (Å²) in [6, 6.07) is 5.13. The smallest absolute Gasteiger partial charge is 0.130 e. The van der Waals surface area contributed by atoms with Gasteiger partial charge in [-0.2, -0.15) is 0 Å². The first kappa shape index (κ1) is 10.4. The normalized spacial score (nSPS) is 21.3. The van der Waals surface area contributed by atoms with E-state index in [1.54, 1.807) is 7.11 Å². The van der Waals surface area contributed by atoms with Crippen molar-refractivity contribution < 1.29 is 9.13 Å². The molecule has 82 valence electrons. The fourth-order valence-electron chi connectivity index (χ4n) is 2.08. The highest BCUT2D eigenvalue weighted by Crippen LogP contribution is 2.27. The number of halogens is 1. The van der Waals surface area contributed by atoms with Crippen LogP contribution in [0.15, 0.2) is 18.2 Å². The number of hydrogen-bond donors (Lipinski definition) is 1. The van der Waals surface area contributed by atoms with Crippen molar-refractivity contribution in [1.82, 2.24) is 5.32 Å². The maximum absolute atomic E-state index is 13.7. The minimum Gasteiger partial charge on any atom is -0.497 e. The molecule has 3 heteroatoms. The van der Waals surface area contributed by atoms with E-state index in [-0.39, 0.29) is 5.82 Å². The first-order chi connectivity index (χ1) is 7.31. The lowest BCUT2D eigenvalue weighted by Gasteiger charge is -2.23. The third-order valence-corrected chi connectivity index (χ3v) is 2.94. The lowest BCUT2D eigenvalue weighted by atomic mass is 9.91. The second-order valence-electron chi connectivity index (χ2n) is 3.93. The minimum absolute atomic E-state index is 0.150. The Bertz CT molecular complexity index is 334. The van der Waals surface area contributed by atoms with Crippen LogP contribution in [-0.2, 0) is 0 Å². The molecule has 0 spiro atoms. The zero-order valence-corrected chi connectivity index (χ0v) is 8.92. The first-order valence-electron chi connectivity index (χ1n) is 5.35. The summed E-state index contributed by atoms with van der Waals surface area (Å²) < 4.78 is 18.7. The number of ether oxygens (including phenoxy) is 1. The lowest BCUT2D eigenvalue weighted by molar-refractivity contribution is 0.407. The van der Waals surface area contributed by atoms with Gasteiger partial charge in [0.15, 0.2) is 0 Å². The van der Waals surface area contributed by atoms with E-state index in [0.717, 1.165) is 31.5 Å². The molecule has 1 saturated heterocycles. The van der Waals surface area contributed by atoms with Crippen molar-refractivity contribution in [2.45, 2.75) is 18.8 Å². The summed E-state index contributed by atoms with van der Waals surface area (Å²) in [6.07, 6.45) is 2.19. The van der Waals surface area contributed by atoms with Crippen LogP contribution in [0.1, 0.15) is 24.3 Å². The lowest BCUT2D eigenvalue weighted by Crippen LogP contribution is -2.28. The number of nitrogens with one attached hydrogen (secondary N) is 1. The van der Waals surface area contributed by atoms with Crippen LogP contribution in [0.2, 0.25) is 0 Å². The van der Waals surface area contributed by atoms with Crippen molar-refractivity contribution in [1.29, 1.82) is 0 Å². The molecular formula is C12H16FNO. The fraction of sp³-hybridized carbons (Fsp3) is 0.500. The number of hydrogen-bond acceptors (Lipinski definition) is 2. The van der Waals surface area contributed by atoms with Crippen LogP contribution in [-0.4, -0.2) is 20.2 Å². The largest absolute Gasteiger partial charge is 0.497 e. The van der Waals surface area contributed by atoms with Gasteiger partial charge in [-0.25, -0.2) is 4.39 Å². The molecule has 1 aromatic carbocycles. The zero-order chi connectivity index (χ0) is 10.7. The number of benzene rings is 1. The van der Waals surface area contributed by atoms with Gasteiger partial charge in [0.2, 0.25) is 0 Å². The van der Waals surface area contributed by atoms with Crippen LogP contribution in [0.4, 0.5) is 4.39 Å². The molecule has 2 rings (SSSR count). The van der Waals surface area contributed by atoms with E-state index >= 15 is 0 Å². The third-order valence-electron chi connectivity index (χ3n) is 2.94. The molecule has 1 N–H and O–H groups in total. The standard InChI is InChI=1S/C12H16FNO/c1-15-10-4-5-11(12(13)7-10)9-3-2-6-14-8-9/h4-5,7,9,14H,2-3,6,8H2,1H3/t9-/m0/s1. The molecule has 1 atom stereocenters. The number of piperidine rings is 1. The van der Waals surface area contributed by atoms with Crippen LogP contribution in [0.25, 0.3) is 0 Å². The highest BCUT2D eigenvalue weighted by Gasteiger charge is 2.18. The molecule has 0 unspecified atom stereocenters. The number of rotatable bonds is 2. The van der Waals surface area contributed by atoms with Gasteiger partial charge in [-0.3, -0.25) is 0 Å². The predicted molar refractivity (Wildman–Crippen MR) is 57.8 cm³/mol. The molecule has 1 fully saturated rings. The van der Waals surface area contributed by atoms with Crippen LogP contribution in [0.3, 0.4) is 0 Å². The van der Waals surface area contributed by atoms with Crippen molar-refractivity contribution in [3.8, 4) is 5.75 Å². The second-order valence-corrected chi connectivity index (χ2v) is 3.93. The van der Waals surface area contributed by atoms with Crippen LogP contribution < -0.4 is 10.1 Å². The van der Waals surface area contributed by atoms with E-state index in [1.807, 2.05) is 12.1 Å². The topological polar surface area (TPSA) is 21.3 Å². The summed E-state index contributed by atoms with van der Waals surface area (Å²) >= 11 is 0. The molecule has 1 aromatic rings. The maximum Gasteiger partial charge on any atom is 0.130 e. The Hall–Kier alpha value is -1.09. The second kappa shape index (κ2) is 4.62. The highest BCUT2D eigenvalue weighted by atomic mass is 19.1. The molecule has 0 saturated carbocycles. The molecule has 0 radical (unpaired) electrons. The summed E-state index contributed by atoms with van der Waals surface area (Å²) in [7, 11) is 1.55. The molecule has 1 heterocycles. The highest BCUT2D eigenvalue weighted by molar-refractivity contribution is 5.31. The Morgan fingerprint density at radius 3 is 2.93 bits per heavy atom. The van der Waals surface area contributed by atoms with E-state index in [4.69, 9.17) is 4.74 Å². The number of methoxy groups -OCH3 is 1. The van der Waals surface area contributed by atoms with Gasteiger partial charge in [0.25, 0.3) is 0 Å². The van der Waals surface area contributed by atoms with E-state index in [0.29, 0.717) is 11.7 Å². The van der Waals surface area contributed by atoms with Crippen molar-refractivity contribution in [2.24, 2.45) is 0 Å². The molecule has 1 aliphatic heterocycles. The summed E-state index contributed by atoms with van der Waals surface area (Å²) in [6.45, 7) is 1.93. The van der Waals surface area contributed by atoms with Crippen molar-refractivity contribution in [3.63, 3.8) is 0 Å². The van der Waals surface area contributed by atoms with Crippen LogP contribution in [0, 0.1) is 5.82 Å². The predicted octanol–water partition coefficient (Wildman–Crippen LogP) is 2.30. The molecule has 0 aliphatic carbocycles. The Morgan fingerprint density at radius 2 is 2.33 bits per heavy atom. The Balaban J connectivity index is 2.19. The van der Waals surface area contributed by atoms with Crippen molar-refractivity contribution >= 4 is 0 Å². The van der Waals surface area contributed by atoms with Gasteiger partial charge in [0.05, 0.1) is 7.11 Å². The summed E-state index contributed by atoms with van der Waals surface area (Å²) in [5.74, 6) is 0.743. The molecule has 15 heavy (non-hydrogen) atoms. The van der Waals surface area contributed by atoms with E-state index < -0.39 is 0 Å². The quantitative estimate of drug-likeness (QED) is 0.807. The monoisotopic (exact) mass is 209 g/mol. The zero-order valence-electron chi connectivity index (χ0n) is 8.92. The van der Waals surface area contributed by atoms with Gasteiger partial charge in [0, 0.05) is 12.6 Å². The van der Waals surface area contributed by atoms with Gasteiger partial charge in [-0.15, -0.1) is 0 Å². The minimum atomic E-state index is -0.150. The first-order valence-corrected chi connectivity index (χ1v) is 5.35. The average Bonchev–Trinajstić information content (AvgIpc) is 2.30. The van der Waals surface area contributed by atoms with Gasteiger partial charge < -0.3 is 10.1 Å². The fourth-order valence-corrected chi connectivity index (χ4v) is 2.08. The van der Waals surface area contributed by atoms with E-state index in [9.17, 15) is 4.39 Å². The summed E-state index contributed by atoms with van der Waals surface area (Å²) in [4.78, 5) is 0. The van der Waals surface area contributed by atoms with Gasteiger partial charge in [-0.1, -0.05) is 6.07 Å². The third kappa shape index (κ3) is 2.29. The maximum atomic E-state index is 13.7. The Labute approximate surface area is 89.4 Å². The van der Waals surface area contributed by atoms with Gasteiger partial charge in [0.1, 0.15) is 11.6 Å². The molecule has 1 aliphatic rings. The van der Waals surface area contributed by atoms with Crippen LogP contribution >= 0.6 is 0 Å². The Kier molecular flexibility index (Phi) is 3.21. The molecule has 0 aromatic heterocycles. The summed E-state index contributed by atoms with van der Waals surface area (Å²) in [5.41, 5.74) is 0.808. The van der Waals surface area contributed by atoms with Crippen molar-refractivity contribution in [3.05, 3.63) is 29.6 Å². The summed E-state index contributed by atoms with van der Waals surface area (Å²) in [5, 5.41) is 3.29. The molecule has 0 amide bonds. The van der Waals surface area contributed by atoms with Crippen LogP contribution in [0.5, 0.6) is 5.75 Å². The molecular weight excluding hydrogens is 193 g/mol. The van der Waals surface area contributed by atoms with Gasteiger partial charge >= 0.3 is 0 Å². The average molecular weight is 209 g/mol. The Morgan fingerprint density at radius 1 is 1.47 bits per heavy atom.